The van der Waals surface area contributed by atoms with E-state index < -0.39 is 12.0 Å². The van der Waals surface area contributed by atoms with E-state index in [0.29, 0.717) is 17.9 Å². The average molecular weight is 353 g/mol. The second kappa shape index (κ2) is 6.30. The first-order valence-electron chi connectivity index (χ1n) is 6.63. The van der Waals surface area contributed by atoms with E-state index in [2.05, 4.69) is 21.2 Å². The summed E-state index contributed by atoms with van der Waals surface area (Å²) in [5.74, 6) is -0.408. The van der Waals surface area contributed by atoms with Gasteiger partial charge in [-0.3, -0.25) is 0 Å². The van der Waals surface area contributed by atoms with Gasteiger partial charge in [-0.25, -0.2) is 9.59 Å². The van der Waals surface area contributed by atoms with Crippen LogP contribution in [0.25, 0.3) is 0 Å². The predicted molar refractivity (Wildman–Crippen MR) is 82.5 cm³/mol. The Morgan fingerprint density at radius 2 is 2.00 bits per heavy atom. The van der Waals surface area contributed by atoms with Crippen molar-refractivity contribution >= 4 is 27.9 Å². The van der Waals surface area contributed by atoms with Crippen molar-refractivity contribution in [3.8, 4) is 0 Å². The first-order valence-corrected chi connectivity index (χ1v) is 7.42. The van der Waals surface area contributed by atoms with Crippen molar-refractivity contribution in [2.45, 2.75) is 19.9 Å². The Kier molecular flexibility index (Phi) is 4.67. The van der Waals surface area contributed by atoms with E-state index >= 15 is 0 Å². The molecule has 0 aromatic heterocycles. The topological polar surface area (TPSA) is 58.6 Å². The SMILES string of the molecule is CCOC(=O)C1=C(C)N(C)C(=O)N[C@@H]1c1ccc(Br)cc1. The monoisotopic (exact) mass is 352 g/mol. The number of halogens is 1. The highest BCUT2D eigenvalue weighted by Crippen LogP contribution is 2.31. The molecule has 5 nitrogen and oxygen atoms in total. The third-order valence-electron chi connectivity index (χ3n) is 3.45. The molecule has 21 heavy (non-hydrogen) atoms. The van der Waals surface area contributed by atoms with Gasteiger partial charge in [-0.2, -0.15) is 0 Å². The van der Waals surface area contributed by atoms with Crippen LogP contribution in [0, 0.1) is 0 Å². The van der Waals surface area contributed by atoms with E-state index in [1.54, 1.807) is 20.9 Å². The molecule has 0 unspecified atom stereocenters. The number of benzene rings is 1. The second-order valence-corrected chi connectivity index (χ2v) is 5.63. The molecule has 6 heteroatoms. The summed E-state index contributed by atoms with van der Waals surface area (Å²) in [6.07, 6.45) is 0. The minimum absolute atomic E-state index is 0.242. The summed E-state index contributed by atoms with van der Waals surface area (Å²) in [6.45, 7) is 3.80. The van der Waals surface area contributed by atoms with Gasteiger partial charge in [0.05, 0.1) is 18.2 Å². The third kappa shape index (κ3) is 3.10. The molecule has 1 heterocycles. The molecule has 2 amide bonds. The van der Waals surface area contributed by atoms with Crippen molar-refractivity contribution in [1.82, 2.24) is 10.2 Å². The van der Waals surface area contributed by atoms with Gasteiger partial charge in [-0.15, -0.1) is 0 Å². The summed E-state index contributed by atoms with van der Waals surface area (Å²) >= 11 is 3.37. The molecule has 0 fully saturated rings. The van der Waals surface area contributed by atoms with Gasteiger partial charge in [-0.05, 0) is 31.5 Å². The Morgan fingerprint density at radius 3 is 2.57 bits per heavy atom. The molecule has 112 valence electrons. The molecular weight excluding hydrogens is 336 g/mol. The second-order valence-electron chi connectivity index (χ2n) is 4.71. The number of urea groups is 1. The first kappa shape index (κ1) is 15.6. The Labute approximate surface area is 132 Å². The van der Waals surface area contributed by atoms with Crippen molar-refractivity contribution in [3.05, 3.63) is 45.6 Å². The third-order valence-corrected chi connectivity index (χ3v) is 3.98. The smallest absolute Gasteiger partial charge is 0.338 e. The van der Waals surface area contributed by atoms with Crippen molar-refractivity contribution in [2.75, 3.05) is 13.7 Å². The molecule has 1 N–H and O–H groups in total. The molecule has 1 aromatic rings. The van der Waals surface area contributed by atoms with E-state index in [1.165, 1.54) is 4.90 Å². The van der Waals surface area contributed by atoms with Gasteiger partial charge < -0.3 is 15.0 Å². The lowest BCUT2D eigenvalue weighted by atomic mass is 9.95. The molecule has 1 aliphatic heterocycles. The predicted octanol–water partition coefficient (Wildman–Crippen LogP) is 2.98. The number of nitrogens with one attached hydrogen (secondary N) is 1. The Hall–Kier alpha value is -1.82. The number of rotatable bonds is 3. The van der Waals surface area contributed by atoms with Gasteiger partial charge in [0, 0.05) is 17.2 Å². The molecule has 0 spiro atoms. The normalized spacial score (nSPS) is 18.6. The van der Waals surface area contributed by atoms with Gasteiger partial charge in [0.25, 0.3) is 0 Å². The number of hydrogen-bond acceptors (Lipinski definition) is 3. The number of hydrogen-bond donors (Lipinski definition) is 1. The van der Waals surface area contributed by atoms with Crippen molar-refractivity contribution < 1.29 is 14.3 Å². The summed E-state index contributed by atoms with van der Waals surface area (Å²) in [7, 11) is 1.63. The van der Waals surface area contributed by atoms with E-state index in [0.717, 1.165) is 10.0 Å². The zero-order valence-electron chi connectivity index (χ0n) is 12.1. The van der Waals surface area contributed by atoms with Crippen molar-refractivity contribution in [1.29, 1.82) is 0 Å². The lowest BCUT2D eigenvalue weighted by Gasteiger charge is -2.33. The summed E-state index contributed by atoms with van der Waals surface area (Å²) in [5.41, 5.74) is 1.90. The van der Waals surface area contributed by atoms with E-state index in [1.807, 2.05) is 24.3 Å². The average Bonchev–Trinajstić information content (AvgIpc) is 2.45. The zero-order valence-corrected chi connectivity index (χ0v) is 13.7. The molecular formula is C15H17BrN2O3. The van der Waals surface area contributed by atoms with Crippen LogP contribution in [0.15, 0.2) is 40.0 Å². The maximum absolute atomic E-state index is 12.2. The highest BCUT2D eigenvalue weighted by Gasteiger charge is 2.34. The number of carbonyl (C=O) groups excluding carboxylic acids is 2. The number of nitrogens with zero attached hydrogens (tertiary/aromatic N) is 1. The fourth-order valence-electron chi connectivity index (χ4n) is 2.21. The highest BCUT2D eigenvalue weighted by atomic mass is 79.9. The number of esters is 1. The van der Waals surface area contributed by atoms with Crippen molar-refractivity contribution in [2.24, 2.45) is 0 Å². The molecule has 0 saturated carbocycles. The van der Waals surface area contributed by atoms with Crippen LogP contribution in [0.4, 0.5) is 4.79 Å². The number of ether oxygens (including phenoxy) is 1. The molecule has 0 saturated heterocycles. The zero-order chi connectivity index (χ0) is 15.6. The van der Waals surface area contributed by atoms with E-state index in [4.69, 9.17) is 4.74 Å². The van der Waals surface area contributed by atoms with Crippen LogP contribution in [-0.4, -0.2) is 30.6 Å². The van der Waals surface area contributed by atoms with Crippen LogP contribution < -0.4 is 5.32 Å². The maximum atomic E-state index is 12.2. The minimum Gasteiger partial charge on any atom is -0.463 e. The fraction of sp³-hybridized carbons (Fsp3) is 0.333. The van der Waals surface area contributed by atoms with Crippen LogP contribution in [0.2, 0.25) is 0 Å². The summed E-state index contributed by atoms with van der Waals surface area (Å²) in [5, 5.41) is 2.83. The Bertz CT molecular complexity index is 595. The van der Waals surface area contributed by atoms with Gasteiger partial charge in [-0.1, -0.05) is 28.1 Å². The summed E-state index contributed by atoms with van der Waals surface area (Å²) < 4.78 is 6.06. The summed E-state index contributed by atoms with van der Waals surface area (Å²) in [6, 6.07) is 6.74. The number of carbonyl (C=O) groups is 2. The van der Waals surface area contributed by atoms with Gasteiger partial charge >= 0.3 is 12.0 Å². The van der Waals surface area contributed by atoms with Crippen LogP contribution >= 0.6 is 15.9 Å². The van der Waals surface area contributed by atoms with Crippen LogP contribution in [-0.2, 0) is 9.53 Å². The molecule has 2 rings (SSSR count). The van der Waals surface area contributed by atoms with E-state index in [9.17, 15) is 9.59 Å². The lowest BCUT2D eigenvalue weighted by molar-refractivity contribution is -0.139. The van der Waals surface area contributed by atoms with Gasteiger partial charge in [0.2, 0.25) is 0 Å². The minimum atomic E-state index is -0.499. The molecule has 0 radical (unpaired) electrons. The van der Waals surface area contributed by atoms with E-state index in [-0.39, 0.29) is 6.03 Å². The Morgan fingerprint density at radius 1 is 1.38 bits per heavy atom. The summed E-state index contributed by atoms with van der Waals surface area (Å²) in [4.78, 5) is 25.7. The first-order chi connectivity index (χ1) is 9.95. The molecule has 0 aliphatic carbocycles. The molecule has 1 atom stereocenters. The van der Waals surface area contributed by atoms with Crippen LogP contribution in [0.5, 0.6) is 0 Å². The Balaban J connectivity index is 2.48. The van der Waals surface area contributed by atoms with Gasteiger partial charge in [0.1, 0.15) is 0 Å². The molecule has 1 aromatic carbocycles. The number of allylic oxidation sites excluding steroid dienone is 1. The van der Waals surface area contributed by atoms with Crippen LogP contribution in [0.1, 0.15) is 25.5 Å². The van der Waals surface area contributed by atoms with Gasteiger partial charge in [0.15, 0.2) is 0 Å². The molecule has 1 aliphatic rings. The fourth-order valence-corrected chi connectivity index (χ4v) is 2.48. The van der Waals surface area contributed by atoms with Crippen LogP contribution in [0.3, 0.4) is 0 Å². The van der Waals surface area contributed by atoms with Crippen molar-refractivity contribution in [3.63, 3.8) is 0 Å². The standard InChI is InChI=1S/C15H17BrN2O3/c1-4-21-14(19)12-9(2)18(3)15(20)17-13(12)10-5-7-11(16)8-6-10/h5-8,13H,4H2,1-3H3,(H,17,20)/t13-/m1/s1. The number of amides is 2. The lowest BCUT2D eigenvalue weighted by Crippen LogP contribution is -2.46. The highest BCUT2D eigenvalue weighted by molar-refractivity contribution is 9.10. The molecule has 0 bridgehead atoms. The quantitative estimate of drug-likeness (QED) is 0.850. The maximum Gasteiger partial charge on any atom is 0.338 e. The largest absolute Gasteiger partial charge is 0.463 e.